The SMILES string of the molecule is COC1(c2ccc(Cl)cc2)CCN(CCC=C2c3ccccc3COc3ccc(C#N)cc32)CC1. The molecule has 0 radical (unpaired) electrons. The molecular weight excluding hydrogens is 456 g/mol. The number of methoxy groups -OCH3 is 1. The van der Waals surface area contributed by atoms with Crippen molar-refractivity contribution in [2.75, 3.05) is 26.7 Å². The molecule has 0 amide bonds. The molecular formula is C30H29ClN2O2. The Hall–Kier alpha value is -3.10. The van der Waals surface area contributed by atoms with Crippen LogP contribution < -0.4 is 4.74 Å². The smallest absolute Gasteiger partial charge is 0.127 e. The fraction of sp³-hybridized carbons (Fsp3) is 0.300. The summed E-state index contributed by atoms with van der Waals surface area (Å²) in [7, 11) is 1.81. The van der Waals surface area contributed by atoms with Crippen LogP contribution in [0.3, 0.4) is 0 Å². The fourth-order valence-electron chi connectivity index (χ4n) is 5.26. The number of piperidine rings is 1. The number of benzene rings is 3. The molecule has 0 spiro atoms. The second-order valence-electron chi connectivity index (χ2n) is 9.22. The Morgan fingerprint density at radius 3 is 2.57 bits per heavy atom. The van der Waals surface area contributed by atoms with Gasteiger partial charge in [-0.15, -0.1) is 0 Å². The first kappa shape index (κ1) is 23.6. The summed E-state index contributed by atoms with van der Waals surface area (Å²) in [6, 6.07) is 24.4. The van der Waals surface area contributed by atoms with Gasteiger partial charge in [-0.05, 0) is 71.9 Å². The summed E-state index contributed by atoms with van der Waals surface area (Å²) in [5.41, 5.74) is 6.09. The lowest BCUT2D eigenvalue weighted by molar-refractivity contribution is -0.0621. The number of halogens is 1. The van der Waals surface area contributed by atoms with Gasteiger partial charge in [-0.1, -0.05) is 54.1 Å². The van der Waals surface area contributed by atoms with Crippen LogP contribution in [0.25, 0.3) is 5.57 Å². The molecule has 0 aromatic heterocycles. The minimum Gasteiger partial charge on any atom is -0.488 e. The molecule has 1 saturated heterocycles. The van der Waals surface area contributed by atoms with Crippen LogP contribution in [0.4, 0.5) is 0 Å². The van der Waals surface area contributed by atoms with Crippen LogP contribution >= 0.6 is 11.6 Å². The van der Waals surface area contributed by atoms with Crippen molar-refractivity contribution >= 4 is 17.2 Å². The molecule has 3 aromatic rings. The predicted molar refractivity (Wildman–Crippen MR) is 139 cm³/mol. The predicted octanol–water partition coefficient (Wildman–Crippen LogP) is 6.56. The highest BCUT2D eigenvalue weighted by atomic mass is 35.5. The highest BCUT2D eigenvalue weighted by Gasteiger charge is 2.36. The van der Waals surface area contributed by atoms with E-state index in [2.05, 4.69) is 47.4 Å². The third-order valence-electron chi connectivity index (χ3n) is 7.31. The molecule has 0 aliphatic carbocycles. The number of hydrogen-bond donors (Lipinski definition) is 0. The van der Waals surface area contributed by atoms with Crippen LogP contribution in [-0.2, 0) is 16.9 Å². The van der Waals surface area contributed by atoms with Crippen LogP contribution in [0.2, 0.25) is 5.02 Å². The van der Waals surface area contributed by atoms with E-state index in [0.717, 1.165) is 60.8 Å². The summed E-state index contributed by atoms with van der Waals surface area (Å²) < 4.78 is 12.1. The Morgan fingerprint density at radius 2 is 1.83 bits per heavy atom. The normalized spacial score (nSPS) is 18.1. The molecule has 35 heavy (non-hydrogen) atoms. The van der Waals surface area contributed by atoms with E-state index in [9.17, 15) is 5.26 Å². The van der Waals surface area contributed by atoms with E-state index >= 15 is 0 Å². The van der Waals surface area contributed by atoms with E-state index in [-0.39, 0.29) is 5.60 Å². The van der Waals surface area contributed by atoms with E-state index in [0.29, 0.717) is 12.2 Å². The van der Waals surface area contributed by atoms with Crippen molar-refractivity contribution in [3.05, 3.63) is 106 Å². The van der Waals surface area contributed by atoms with Crippen molar-refractivity contribution in [2.24, 2.45) is 0 Å². The van der Waals surface area contributed by atoms with Gasteiger partial charge in [0.1, 0.15) is 12.4 Å². The standard InChI is InChI=1S/C30H29ClN2O2/c1-34-30(24-9-11-25(31)12-10-24)14-17-33(18-15-30)16-4-7-27-26-6-3-2-5-23(26)21-35-29-13-8-22(20-32)19-28(27)29/h2-3,5-13,19H,4,14-18,21H2,1H3. The monoisotopic (exact) mass is 484 g/mol. The summed E-state index contributed by atoms with van der Waals surface area (Å²) in [5.74, 6) is 0.831. The topological polar surface area (TPSA) is 45.5 Å². The minimum atomic E-state index is -0.246. The molecule has 2 aliphatic rings. The number of nitrogens with zero attached hydrogens (tertiary/aromatic N) is 2. The van der Waals surface area contributed by atoms with Crippen LogP contribution in [0.1, 0.15) is 47.1 Å². The lowest BCUT2D eigenvalue weighted by atomic mass is 9.84. The molecule has 5 rings (SSSR count). The molecule has 0 atom stereocenters. The van der Waals surface area contributed by atoms with Gasteiger partial charge in [-0.2, -0.15) is 5.26 Å². The minimum absolute atomic E-state index is 0.246. The Labute approximate surface area is 212 Å². The van der Waals surface area contributed by atoms with Gasteiger partial charge < -0.3 is 14.4 Å². The van der Waals surface area contributed by atoms with Gasteiger partial charge in [0.05, 0.1) is 17.2 Å². The molecule has 5 heteroatoms. The van der Waals surface area contributed by atoms with Crippen LogP contribution in [-0.4, -0.2) is 31.6 Å². The summed E-state index contributed by atoms with van der Waals surface area (Å²) >= 11 is 6.10. The Kier molecular flexibility index (Phi) is 6.92. The highest BCUT2D eigenvalue weighted by Crippen LogP contribution is 2.39. The maximum Gasteiger partial charge on any atom is 0.127 e. The number of rotatable bonds is 5. The van der Waals surface area contributed by atoms with Crippen molar-refractivity contribution in [3.63, 3.8) is 0 Å². The average molecular weight is 485 g/mol. The maximum atomic E-state index is 9.46. The van der Waals surface area contributed by atoms with Gasteiger partial charge in [0, 0.05) is 37.3 Å². The number of ether oxygens (including phenoxy) is 2. The molecule has 3 aromatic carbocycles. The maximum absolute atomic E-state index is 9.46. The zero-order valence-electron chi connectivity index (χ0n) is 20.0. The molecule has 0 N–H and O–H groups in total. The van der Waals surface area contributed by atoms with Crippen molar-refractivity contribution in [2.45, 2.75) is 31.5 Å². The largest absolute Gasteiger partial charge is 0.488 e. The Bertz CT molecular complexity index is 1270. The lowest BCUT2D eigenvalue weighted by Crippen LogP contribution is -2.44. The molecule has 2 aliphatic heterocycles. The molecule has 1 fully saturated rings. The first-order valence-corrected chi connectivity index (χ1v) is 12.5. The zero-order valence-corrected chi connectivity index (χ0v) is 20.7. The Balaban J connectivity index is 1.33. The van der Waals surface area contributed by atoms with Gasteiger partial charge in [-0.3, -0.25) is 0 Å². The Morgan fingerprint density at radius 1 is 1.06 bits per heavy atom. The van der Waals surface area contributed by atoms with Gasteiger partial charge in [0.25, 0.3) is 0 Å². The van der Waals surface area contributed by atoms with E-state index in [1.165, 1.54) is 16.7 Å². The molecule has 0 saturated carbocycles. The average Bonchev–Trinajstić information content (AvgIpc) is 3.06. The number of nitriles is 1. The van der Waals surface area contributed by atoms with Gasteiger partial charge in [-0.25, -0.2) is 0 Å². The summed E-state index contributed by atoms with van der Waals surface area (Å²) in [5, 5.41) is 10.2. The van der Waals surface area contributed by atoms with E-state index in [1.807, 2.05) is 43.5 Å². The molecule has 0 bridgehead atoms. The molecule has 2 heterocycles. The van der Waals surface area contributed by atoms with Crippen LogP contribution in [0, 0.1) is 11.3 Å². The highest BCUT2D eigenvalue weighted by molar-refractivity contribution is 6.30. The fourth-order valence-corrected chi connectivity index (χ4v) is 5.38. The van der Waals surface area contributed by atoms with Gasteiger partial charge in [0.15, 0.2) is 0 Å². The van der Waals surface area contributed by atoms with Crippen molar-refractivity contribution in [1.29, 1.82) is 5.26 Å². The first-order valence-electron chi connectivity index (χ1n) is 12.1. The number of likely N-dealkylation sites (tertiary alicyclic amines) is 1. The third kappa shape index (κ3) is 4.86. The zero-order chi connectivity index (χ0) is 24.3. The molecule has 178 valence electrons. The van der Waals surface area contributed by atoms with E-state index in [1.54, 1.807) is 0 Å². The quantitative estimate of drug-likeness (QED) is 0.411. The van der Waals surface area contributed by atoms with Crippen LogP contribution in [0.15, 0.2) is 72.8 Å². The van der Waals surface area contributed by atoms with Crippen molar-refractivity contribution in [3.8, 4) is 11.8 Å². The van der Waals surface area contributed by atoms with Crippen LogP contribution in [0.5, 0.6) is 5.75 Å². The first-order chi connectivity index (χ1) is 17.1. The molecule has 0 unspecified atom stereocenters. The number of fused-ring (bicyclic) bond motifs is 2. The van der Waals surface area contributed by atoms with E-state index in [4.69, 9.17) is 21.1 Å². The van der Waals surface area contributed by atoms with Gasteiger partial charge in [0.2, 0.25) is 0 Å². The summed E-state index contributed by atoms with van der Waals surface area (Å²) in [6.07, 6.45) is 5.13. The van der Waals surface area contributed by atoms with Crippen molar-refractivity contribution in [1.82, 2.24) is 4.90 Å². The third-order valence-corrected chi connectivity index (χ3v) is 7.56. The van der Waals surface area contributed by atoms with E-state index < -0.39 is 0 Å². The molecule has 4 nitrogen and oxygen atoms in total. The number of hydrogen-bond acceptors (Lipinski definition) is 4. The second kappa shape index (κ2) is 10.3. The second-order valence-corrected chi connectivity index (χ2v) is 9.66. The van der Waals surface area contributed by atoms with Crippen molar-refractivity contribution < 1.29 is 9.47 Å². The summed E-state index contributed by atoms with van der Waals surface area (Å²) in [6.45, 7) is 3.46. The van der Waals surface area contributed by atoms with Gasteiger partial charge >= 0.3 is 0 Å². The summed E-state index contributed by atoms with van der Waals surface area (Å²) in [4.78, 5) is 2.51. The lowest BCUT2D eigenvalue weighted by Gasteiger charge is -2.41.